The molecule has 0 saturated heterocycles. The van der Waals surface area contributed by atoms with Crippen molar-refractivity contribution in [3.05, 3.63) is 29.3 Å². The molecule has 3 unspecified atom stereocenters. The van der Waals surface area contributed by atoms with E-state index in [0.717, 1.165) is 25.7 Å². The highest BCUT2D eigenvalue weighted by Gasteiger charge is 2.63. The summed E-state index contributed by atoms with van der Waals surface area (Å²) in [6.07, 6.45) is 10.3. The van der Waals surface area contributed by atoms with Gasteiger partial charge in [0.25, 0.3) is 0 Å². The number of aryl methyl sites for hydroxylation is 1. The summed E-state index contributed by atoms with van der Waals surface area (Å²) in [5, 5.41) is 20.9. The molecule has 1 aromatic rings. The number of benzene rings is 1. The number of phenols is 1. The minimum atomic E-state index is -1.02. The van der Waals surface area contributed by atoms with Gasteiger partial charge in [-0.05, 0) is 67.2 Å². The predicted octanol–water partition coefficient (Wildman–Crippen LogP) is 3.24. The number of hydrogen-bond donors (Lipinski definition) is 2. The van der Waals surface area contributed by atoms with Crippen LogP contribution in [0.4, 0.5) is 0 Å². The molecule has 3 nitrogen and oxygen atoms in total. The van der Waals surface area contributed by atoms with Crippen LogP contribution in [0.1, 0.15) is 49.7 Å². The number of fused-ring (bicyclic) bond motifs is 5. The van der Waals surface area contributed by atoms with Crippen molar-refractivity contribution in [3.63, 3.8) is 0 Å². The molecule has 6 atom stereocenters. The molecule has 0 aliphatic heterocycles. The van der Waals surface area contributed by atoms with E-state index in [1.807, 2.05) is 6.07 Å². The van der Waals surface area contributed by atoms with Crippen molar-refractivity contribution in [2.75, 3.05) is 7.11 Å². The fourth-order valence-corrected chi connectivity index (χ4v) is 6.09. The van der Waals surface area contributed by atoms with E-state index in [9.17, 15) is 10.2 Å². The van der Waals surface area contributed by atoms with Gasteiger partial charge in [0, 0.05) is 18.4 Å². The number of phenolic OH excluding ortho intramolecular Hbond substituents is 1. The van der Waals surface area contributed by atoms with Gasteiger partial charge in [0.1, 0.15) is 11.4 Å². The van der Waals surface area contributed by atoms with Gasteiger partial charge in [-0.25, -0.2) is 0 Å². The van der Waals surface area contributed by atoms with Gasteiger partial charge in [-0.1, -0.05) is 18.9 Å². The van der Waals surface area contributed by atoms with Crippen molar-refractivity contribution in [2.45, 2.75) is 56.7 Å². The van der Waals surface area contributed by atoms with Gasteiger partial charge in [-0.3, -0.25) is 0 Å². The van der Waals surface area contributed by atoms with Gasteiger partial charge in [-0.15, -0.1) is 6.42 Å². The van der Waals surface area contributed by atoms with Crippen molar-refractivity contribution in [3.8, 4) is 18.1 Å². The molecule has 3 aliphatic carbocycles. The Morgan fingerprint density at radius 2 is 2.12 bits per heavy atom. The maximum atomic E-state index is 11.1. The van der Waals surface area contributed by atoms with Crippen LogP contribution in [0.15, 0.2) is 18.2 Å². The lowest BCUT2D eigenvalue weighted by Gasteiger charge is -2.54. The lowest BCUT2D eigenvalue weighted by molar-refractivity contribution is -0.116. The normalized spacial score (nSPS) is 43.4. The number of aromatic hydroxyl groups is 1. The van der Waals surface area contributed by atoms with E-state index < -0.39 is 5.60 Å². The molecule has 2 fully saturated rings. The molecule has 0 spiro atoms. The van der Waals surface area contributed by atoms with E-state index in [1.54, 1.807) is 13.2 Å². The molecule has 0 radical (unpaired) electrons. The van der Waals surface area contributed by atoms with Crippen LogP contribution in [0.25, 0.3) is 0 Å². The highest BCUT2D eigenvalue weighted by atomic mass is 16.5. The van der Waals surface area contributed by atoms with Gasteiger partial charge in [-0.2, -0.15) is 0 Å². The van der Waals surface area contributed by atoms with Gasteiger partial charge >= 0.3 is 0 Å². The topological polar surface area (TPSA) is 49.7 Å². The van der Waals surface area contributed by atoms with Crippen molar-refractivity contribution in [1.82, 2.24) is 0 Å². The molecule has 0 aromatic heterocycles. The van der Waals surface area contributed by atoms with Crippen molar-refractivity contribution >= 4 is 0 Å². The lowest BCUT2D eigenvalue weighted by atomic mass is 9.52. The molecule has 0 heterocycles. The van der Waals surface area contributed by atoms with Crippen LogP contribution in [0.5, 0.6) is 5.75 Å². The Hall–Kier alpha value is -1.50. The summed E-state index contributed by atoms with van der Waals surface area (Å²) in [7, 11) is 1.77. The van der Waals surface area contributed by atoms with Crippen molar-refractivity contribution in [2.24, 2.45) is 17.3 Å². The largest absolute Gasteiger partial charge is 0.508 e. The van der Waals surface area contributed by atoms with E-state index >= 15 is 0 Å². The molecule has 3 aliphatic rings. The summed E-state index contributed by atoms with van der Waals surface area (Å²) in [6, 6.07) is 5.76. The monoisotopic (exact) mass is 326 g/mol. The van der Waals surface area contributed by atoms with Crippen LogP contribution >= 0.6 is 0 Å². The Labute approximate surface area is 144 Å². The summed E-state index contributed by atoms with van der Waals surface area (Å²) < 4.78 is 5.92. The maximum absolute atomic E-state index is 11.1. The van der Waals surface area contributed by atoms with Crippen LogP contribution in [0, 0.1) is 29.6 Å². The quantitative estimate of drug-likeness (QED) is 0.779. The van der Waals surface area contributed by atoms with Gasteiger partial charge in [0.05, 0.1) is 6.10 Å². The molecule has 0 bridgehead atoms. The van der Waals surface area contributed by atoms with E-state index in [1.165, 1.54) is 11.1 Å². The third kappa shape index (κ3) is 1.93. The Morgan fingerprint density at radius 3 is 2.83 bits per heavy atom. The second-order valence-corrected chi connectivity index (χ2v) is 8.16. The van der Waals surface area contributed by atoms with Crippen molar-refractivity contribution in [1.29, 1.82) is 0 Å². The first kappa shape index (κ1) is 16.0. The number of aliphatic hydroxyl groups is 1. The number of rotatable bonds is 1. The summed E-state index contributed by atoms with van der Waals surface area (Å²) in [6.45, 7) is 2.17. The molecular formula is C21H26O3. The SMILES string of the molecule is C#C[C@]1(O)CCC2C3CCc4cc(O)ccc4C3[C@H](OC)C[C@@]21C. The zero-order valence-corrected chi connectivity index (χ0v) is 14.5. The molecule has 128 valence electrons. The Balaban J connectivity index is 1.80. The first-order valence-electron chi connectivity index (χ1n) is 8.98. The fraction of sp³-hybridized carbons (Fsp3) is 0.619. The highest BCUT2D eigenvalue weighted by molar-refractivity contribution is 5.41. The average Bonchev–Trinajstić information content (AvgIpc) is 2.85. The first-order chi connectivity index (χ1) is 11.4. The van der Waals surface area contributed by atoms with Crippen LogP contribution < -0.4 is 0 Å². The number of terminal acetylenes is 1. The second kappa shape index (κ2) is 5.25. The van der Waals surface area contributed by atoms with Gasteiger partial charge < -0.3 is 14.9 Å². The minimum absolute atomic E-state index is 0.0535. The van der Waals surface area contributed by atoms with Crippen LogP contribution in [0.2, 0.25) is 0 Å². The van der Waals surface area contributed by atoms with E-state index in [2.05, 4.69) is 18.9 Å². The van der Waals surface area contributed by atoms with E-state index in [4.69, 9.17) is 11.2 Å². The first-order valence-corrected chi connectivity index (χ1v) is 8.98. The second-order valence-electron chi connectivity index (χ2n) is 8.16. The zero-order chi connectivity index (χ0) is 17.1. The summed E-state index contributed by atoms with van der Waals surface area (Å²) in [4.78, 5) is 0. The van der Waals surface area contributed by atoms with E-state index in [-0.39, 0.29) is 11.5 Å². The molecular weight excluding hydrogens is 300 g/mol. The maximum Gasteiger partial charge on any atom is 0.130 e. The van der Waals surface area contributed by atoms with E-state index in [0.29, 0.717) is 29.9 Å². The van der Waals surface area contributed by atoms with Gasteiger partial charge in [0.15, 0.2) is 0 Å². The average molecular weight is 326 g/mol. The molecule has 2 saturated carbocycles. The smallest absolute Gasteiger partial charge is 0.130 e. The highest BCUT2D eigenvalue weighted by Crippen LogP contribution is 2.64. The Kier molecular flexibility index (Phi) is 3.50. The van der Waals surface area contributed by atoms with Crippen LogP contribution in [-0.4, -0.2) is 29.0 Å². The molecule has 24 heavy (non-hydrogen) atoms. The summed E-state index contributed by atoms with van der Waals surface area (Å²) in [5.41, 5.74) is 1.26. The fourth-order valence-electron chi connectivity index (χ4n) is 6.09. The standard InChI is InChI=1S/C21H26O3/c1-4-21(23)10-9-17-16-7-5-13-11-14(22)6-8-15(13)19(16)18(24-3)12-20(17,21)2/h1,6,8,11,16-19,22-23H,5,7,9-10,12H2,2-3H3/t16?,17?,18-,19?,20+,21+/m1/s1. The Morgan fingerprint density at radius 1 is 1.33 bits per heavy atom. The molecule has 3 heteroatoms. The van der Waals surface area contributed by atoms with Crippen molar-refractivity contribution < 1.29 is 14.9 Å². The molecule has 4 rings (SSSR count). The summed E-state index contributed by atoms with van der Waals surface area (Å²) >= 11 is 0. The predicted molar refractivity (Wildman–Crippen MR) is 92.7 cm³/mol. The molecule has 1 aromatic carbocycles. The van der Waals surface area contributed by atoms with Crippen LogP contribution in [0.3, 0.4) is 0 Å². The number of methoxy groups -OCH3 is 1. The lowest BCUT2D eigenvalue weighted by Crippen LogP contribution is -2.54. The summed E-state index contributed by atoms with van der Waals surface area (Å²) in [5.74, 6) is 4.29. The van der Waals surface area contributed by atoms with Crippen LogP contribution in [-0.2, 0) is 11.2 Å². The Bertz CT molecular complexity index is 706. The molecule has 2 N–H and O–H groups in total. The molecule has 0 amide bonds. The van der Waals surface area contributed by atoms with Gasteiger partial charge in [0.2, 0.25) is 0 Å². The minimum Gasteiger partial charge on any atom is -0.508 e. The number of hydrogen-bond acceptors (Lipinski definition) is 3. The zero-order valence-electron chi connectivity index (χ0n) is 14.5. The third-order valence-electron chi connectivity index (χ3n) is 7.36. The number of ether oxygens (including phenoxy) is 1. The third-order valence-corrected chi connectivity index (χ3v) is 7.36.